The number of amides is 1. The fourth-order valence-corrected chi connectivity index (χ4v) is 3.07. The zero-order valence-electron chi connectivity index (χ0n) is 13.6. The van der Waals surface area contributed by atoms with E-state index >= 15 is 0 Å². The average Bonchev–Trinajstić information content (AvgIpc) is 2.46. The first-order chi connectivity index (χ1) is 10.3. The quantitative estimate of drug-likeness (QED) is 0.894. The van der Waals surface area contributed by atoms with Crippen LogP contribution in [0, 0.1) is 0 Å². The molecule has 0 spiro atoms. The number of nitrogens with one attached hydrogen (secondary N) is 1. The maximum absolute atomic E-state index is 12.2. The van der Waals surface area contributed by atoms with Gasteiger partial charge in [-0.25, -0.2) is 0 Å². The van der Waals surface area contributed by atoms with E-state index in [2.05, 4.69) is 31.0 Å². The number of aliphatic hydroxyl groups is 1. The highest BCUT2D eigenvalue weighted by Gasteiger charge is 2.20. The first-order valence-electron chi connectivity index (χ1n) is 7.81. The number of anilines is 2. The van der Waals surface area contributed by atoms with Crippen LogP contribution < -0.4 is 10.2 Å². The first kappa shape index (κ1) is 17.2. The number of nitrogens with zero attached hydrogens (tertiary/aromatic N) is 1. The van der Waals surface area contributed by atoms with Crippen LogP contribution >= 0.6 is 11.8 Å². The number of carbonyl (C=O) groups is 1. The number of carbonyl (C=O) groups excluding carboxylic acids is 1. The Morgan fingerprint density at radius 2 is 1.95 bits per heavy atom. The van der Waals surface area contributed by atoms with Gasteiger partial charge in [-0.2, -0.15) is 0 Å². The normalized spacial score (nSPS) is 16.6. The number of hydrogen-bond donors (Lipinski definition) is 2. The Hall–Kier alpha value is -1.20. The average molecular weight is 322 g/mol. The minimum Gasteiger partial charge on any atom is -0.393 e. The molecule has 0 unspecified atom stereocenters. The lowest BCUT2D eigenvalue weighted by Crippen LogP contribution is -2.36. The number of hydrogen-bond acceptors (Lipinski definition) is 4. The van der Waals surface area contributed by atoms with Crippen molar-refractivity contribution in [3.8, 4) is 0 Å². The fourth-order valence-electron chi connectivity index (χ4n) is 2.43. The molecule has 0 saturated carbocycles. The van der Waals surface area contributed by atoms with E-state index in [1.807, 2.05) is 24.3 Å². The van der Waals surface area contributed by atoms with Gasteiger partial charge in [-0.15, -0.1) is 11.8 Å². The molecular formula is C17H26N2O2S. The predicted octanol–water partition coefficient (Wildman–Crippen LogP) is 3.12. The third-order valence-corrected chi connectivity index (χ3v) is 4.89. The summed E-state index contributed by atoms with van der Waals surface area (Å²) in [7, 11) is 0. The molecule has 0 bridgehead atoms. The van der Waals surface area contributed by atoms with Gasteiger partial charge in [0.05, 0.1) is 23.2 Å². The van der Waals surface area contributed by atoms with Crippen LogP contribution in [0.25, 0.3) is 0 Å². The van der Waals surface area contributed by atoms with Crippen molar-refractivity contribution in [3.63, 3.8) is 0 Å². The number of aliphatic hydroxyl groups excluding tert-OH is 1. The Balaban J connectivity index is 2.00. The number of rotatable bonds is 4. The highest BCUT2D eigenvalue weighted by Crippen LogP contribution is 2.29. The van der Waals surface area contributed by atoms with Crippen LogP contribution in [-0.4, -0.2) is 40.7 Å². The molecule has 1 amide bonds. The van der Waals surface area contributed by atoms with Crippen molar-refractivity contribution in [2.45, 2.75) is 44.5 Å². The molecule has 1 aliphatic heterocycles. The molecule has 5 heteroatoms. The van der Waals surface area contributed by atoms with Crippen LogP contribution in [0.1, 0.15) is 33.6 Å². The molecule has 2 rings (SSSR count). The van der Waals surface area contributed by atoms with Gasteiger partial charge in [-0.3, -0.25) is 4.79 Å². The molecule has 0 aromatic heterocycles. The molecule has 4 nitrogen and oxygen atoms in total. The maximum atomic E-state index is 12.2. The first-order valence-corrected chi connectivity index (χ1v) is 8.79. The van der Waals surface area contributed by atoms with Crippen LogP contribution in [-0.2, 0) is 4.79 Å². The molecule has 0 aliphatic carbocycles. The lowest BCUT2D eigenvalue weighted by Gasteiger charge is -2.32. The summed E-state index contributed by atoms with van der Waals surface area (Å²) in [6.07, 6.45) is 1.37. The summed E-state index contributed by atoms with van der Waals surface area (Å²) in [5.41, 5.74) is 1.90. The number of thioether (sulfide) groups is 1. The van der Waals surface area contributed by atoms with Crippen molar-refractivity contribution in [1.29, 1.82) is 0 Å². The molecule has 1 fully saturated rings. The van der Waals surface area contributed by atoms with E-state index < -0.39 is 0 Å². The van der Waals surface area contributed by atoms with Crippen LogP contribution in [0.2, 0.25) is 0 Å². The van der Waals surface area contributed by atoms with Crippen molar-refractivity contribution in [1.82, 2.24) is 0 Å². The Morgan fingerprint density at radius 3 is 2.59 bits per heavy atom. The number of para-hydroxylation sites is 2. The van der Waals surface area contributed by atoms with Crippen molar-refractivity contribution in [2.24, 2.45) is 0 Å². The molecule has 1 saturated heterocycles. The molecule has 2 N–H and O–H groups in total. The summed E-state index contributed by atoms with van der Waals surface area (Å²) in [5, 5.41) is 12.7. The molecule has 1 aromatic rings. The Bertz CT molecular complexity index is 506. The SMILES string of the molecule is CC(C)(C)SCC(=O)Nc1ccccc1N1CCC(O)CC1. The van der Waals surface area contributed by atoms with Gasteiger partial charge in [-0.05, 0) is 25.0 Å². The minimum atomic E-state index is -0.193. The standard InChI is InChI=1S/C17H26N2O2S/c1-17(2,3)22-12-16(21)18-14-6-4-5-7-15(14)19-10-8-13(20)9-11-19/h4-7,13,20H,8-12H2,1-3H3,(H,18,21). The maximum Gasteiger partial charge on any atom is 0.234 e. The number of piperidine rings is 1. The molecule has 1 aliphatic rings. The zero-order chi connectivity index (χ0) is 16.2. The van der Waals surface area contributed by atoms with E-state index in [9.17, 15) is 9.90 Å². The van der Waals surface area contributed by atoms with Gasteiger partial charge >= 0.3 is 0 Å². The van der Waals surface area contributed by atoms with Gasteiger partial charge in [0.25, 0.3) is 0 Å². The highest BCUT2D eigenvalue weighted by molar-refractivity contribution is 8.01. The molecule has 22 heavy (non-hydrogen) atoms. The van der Waals surface area contributed by atoms with Gasteiger partial charge in [0.1, 0.15) is 0 Å². The summed E-state index contributed by atoms with van der Waals surface area (Å²) in [5.74, 6) is 0.487. The predicted molar refractivity (Wildman–Crippen MR) is 94.7 cm³/mol. The monoisotopic (exact) mass is 322 g/mol. The highest BCUT2D eigenvalue weighted by atomic mass is 32.2. The van der Waals surface area contributed by atoms with Gasteiger partial charge in [-0.1, -0.05) is 32.9 Å². The second kappa shape index (κ2) is 7.38. The molecule has 122 valence electrons. The van der Waals surface area contributed by atoms with Crippen LogP contribution in [0.15, 0.2) is 24.3 Å². The van der Waals surface area contributed by atoms with Crippen LogP contribution in [0.4, 0.5) is 11.4 Å². The zero-order valence-corrected chi connectivity index (χ0v) is 14.4. The lowest BCUT2D eigenvalue weighted by molar-refractivity contribution is -0.113. The van der Waals surface area contributed by atoms with Crippen molar-refractivity contribution in [3.05, 3.63) is 24.3 Å². The smallest absolute Gasteiger partial charge is 0.234 e. The Kier molecular flexibility index (Phi) is 5.75. The van der Waals surface area contributed by atoms with Crippen molar-refractivity contribution >= 4 is 29.0 Å². The molecule has 1 heterocycles. The van der Waals surface area contributed by atoms with Gasteiger partial charge in [0.15, 0.2) is 0 Å². The molecule has 1 aromatic carbocycles. The van der Waals surface area contributed by atoms with Gasteiger partial charge in [0, 0.05) is 17.8 Å². The Labute approximate surface area is 137 Å². The molecule has 0 atom stereocenters. The summed E-state index contributed by atoms with van der Waals surface area (Å²) < 4.78 is 0.0832. The topological polar surface area (TPSA) is 52.6 Å². The van der Waals surface area contributed by atoms with E-state index in [1.165, 1.54) is 0 Å². The Morgan fingerprint density at radius 1 is 1.32 bits per heavy atom. The van der Waals surface area contributed by atoms with Crippen LogP contribution in [0.3, 0.4) is 0 Å². The third-order valence-electron chi connectivity index (χ3n) is 3.62. The summed E-state index contributed by atoms with van der Waals surface area (Å²) in [6, 6.07) is 7.90. The summed E-state index contributed by atoms with van der Waals surface area (Å²) in [4.78, 5) is 14.4. The summed E-state index contributed by atoms with van der Waals surface area (Å²) >= 11 is 1.64. The van der Waals surface area contributed by atoms with E-state index in [4.69, 9.17) is 0 Å². The number of benzene rings is 1. The van der Waals surface area contributed by atoms with E-state index in [-0.39, 0.29) is 16.8 Å². The van der Waals surface area contributed by atoms with Gasteiger partial charge in [0.2, 0.25) is 5.91 Å². The van der Waals surface area contributed by atoms with Gasteiger partial charge < -0.3 is 15.3 Å². The van der Waals surface area contributed by atoms with Crippen molar-refractivity contribution < 1.29 is 9.90 Å². The summed E-state index contributed by atoms with van der Waals surface area (Å²) in [6.45, 7) is 7.98. The van der Waals surface area contributed by atoms with Crippen molar-refractivity contribution in [2.75, 3.05) is 29.1 Å². The lowest BCUT2D eigenvalue weighted by atomic mass is 10.1. The van der Waals surface area contributed by atoms with E-state index in [0.717, 1.165) is 37.3 Å². The fraction of sp³-hybridized carbons (Fsp3) is 0.588. The third kappa shape index (κ3) is 5.21. The van der Waals surface area contributed by atoms with Crippen LogP contribution in [0.5, 0.6) is 0 Å². The van der Waals surface area contributed by atoms with E-state index in [1.54, 1.807) is 11.8 Å². The largest absolute Gasteiger partial charge is 0.393 e. The minimum absolute atomic E-state index is 0.0319. The molecular weight excluding hydrogens is 296 g/mol. The second-order valence-corrected chi connectivity index (χ2v) is 8.49. The second-order valence-electron chi connectivity index (χ2n) is 6.68. The van der Waals surface area contributed by atoms with E-state index in [0.29, 0.717) is 5.75 Å². The molecule has 0 radical (unpaired) electrons.